The van der Waals surface area contributed by atoms with Crippen molar-refractivity contribution in [1.29, 1.82) is 0 Å². The number of sulfone groups is 1. The first-order valence-electron chi connectivity index (χ1n) is 5.96. The molecule has 5 heteroatoms. The van der Waals surface area contributed by atoms with Crippen molar-refractivity contribution in [2.24, 2.45) is 0 Å². The number of nitrogens with one attached hydrogen (secondary N) is 1. The van der Waals surface area contributed by atoms with E-state index < -0.39 is 9.84 Å². The van der Waals surface area contributed by atoms with Gasteiger partial charge in [-0.15, -0.1) is 0 Å². The zero-order valence-electron chi connectivity index (χ0n) is 10.6. The largest absolute Gasteiger partial charge is 0.348 e. The summed E-state index contributed by atoms with van der Waals surface area (Å²) in [6.07, 6.45) is 0.513. The lowest BCUT2D eigenvalue weighted by atomic mass is 10.0. The highest BCUT2D eigenvalue weighted by Gasteiger charge is 2.29. The molecule has 0 spiro atoms. The molecule has 98 valence electrons. The summed E-state index contributed by atoms with van der Waals surface area (Å²) in [6.45, 7) is 3.85. The first-order valence-corrected chi connectivity index (χ1v) is 7.78. The van der Waals surface area contributed by atoms with Crippen LogP contribution in [-0.4, -0.2) is 31.9 Å². The smallest absolute Gasteiger partial charge is 0.251 e. The maximum absolute atomic E-state index is 12.0. The van der Waals surface area contributed by atoms with Crippen LogP contribution in [0, 0.1) is 13.8 Å². The van der Waals surface area contributed by atoms with Gasteiger partial charge >= 0.3 is 0 Å². The van der Waals surface area contributed by atoms with Crippen molar-refractivity contribution in [3.63, 3.8) is 0 Å². The fraction of sp³-hybridized carbons (Fsp3) is 0.462. The molecule has 1 aliphatic heterocycles. The molecule has 1 N–H and O–H groups in total. The fourth-order valence-corrected chi connectivity index (χ4v) is 3.91. The first-order chi connectivity index (χ1) is 8.37. The van der Waals surface area contributed by atoms with E-state index >= 15 is 0 Å². The lowest BCUT2D eigenvalue weighted by Crippen LogP contribution is -2.35. The highest BCUT2D eigenvalue weighted by atomic mass is 32.2. The minimum Gasteiger partial charge on any atom is -0.348 e. The van der Waals surface area contributed by atoms with E-state index in [1.165, 1.54) is 0 Å². The highest BCUT2D eigenvalue weighted by Crippen LogP contribution is 2.14. The van der Waals surface area contributed by atoms with Crippen molar-refractivity contribution in [1.82, 2.24) is 5.32 Å². The third-order valence-corrected chi connectivity index (χ3v) is 4.96. The average Bonchev–Trinajstić information content (AvgIpc) is 2.57. The van der Waals surface area contributed by atoms with E-state index in [0.717, 1.165) is 11.1 Å². The molecule has 1 saturated heterocycles. The standard InChI is InChI=1S/C13H17NO3S/c1-9-3-4-12(10(2)7-9)13(15)14-11-5-6-18(16,17)8-11/h3-4,7,11H,5-6,8H2,1-2H3,(H,14,15). The molecule has 1 fully saturated rings. The van der Waals surface area contributed by atoms with Gasteiger partial charge < -0.3 is 5.32 Å². The van der Waals surface area contributed by atoms with Gasteiger partial charge in [0, 0.05) is 11.6 Å². The summed E-state index contributed by atoms with van der Waals surface area (Å²) in [5, 5.41) is 2.79. The summed E-state index contributed by atoms with van der Waals surface area (Å²) in [5.74, 6) is 0.0451. The maximum Gasteiger partial charge on any atom is 0.251 e. The number of amides is 1. The molecule has 1 atom stereocenters. The summed E-state index contributed by atoms with van der Waals surface area (Å²) in [4.78, 5) is 12.0. The lowest BCUT2D eigenvalue weighted by Gasteiger charge is -2.12. The third kappa shape index (κ3) is 2.90. The molecule has 18 heavy (non-hydrogen) atoms. The van der Waals surface area contributed by atoms with E-state index in [1.807, 2.05) is 26.0 Å². The molecule has 0 aromatic heterocycles. The van der Waals surface area contributed by atoms with Crippen molar-refractivity contribution >= 4 is 15.7 Å². The average molecular weight is 267 g/mol. The lowest BCUT2D eigenvalue weighted by molar-refractivity contribution is 0.0940. The van der Waals surface area contributed by atoms with Crippen molar-refractivity contribution in [3.05, 3.63) is 34.9 Å². The fourth-order valence-electron chi connectivity index (χ4n) is 2.24. The number of rotatable bonds is 2. The predicted molar refractivity (Wildman–Crippen MR) is 70.4 cm³/mol. The number of hydrogen-bond donors (Lipinski definition) is 1. The minimum atomic E-state index is -2.95. The number of benzene rings is 1. The van der Waals surface area contributed by atoms with E-state index in [1.54, 1.807) is 6.07 Å². The number of carbonyl (C=O) groups is 1. The van der Waals surface area contributed by atoms with Crippen LogP contribution in [0.5, 0.6) is 0 Å². The van der Waals surface area contributed by atoms with Crippen molar-refractivity contribution in [2.45, 2.75) is 26.3 Å². The summed E-state index contributed by atoms with van der Waals surface area (Å²) in [7, 11) is -2.95. The van der Waals surface area contributed by atoms with Gasteiger partial charge in [0.05, 0.1) is 11.5 Å². The summed E-state index contributed by atoms with van der Waals surface area (Å²) < 4.78 is 22.6. The van der Waals surface area contributed by atoms with Crippen molar-refractivity contribution < 1.29 is 13.2 Å². The summed E-state index contributed by atoms with van der Waals surface area (Å²) in [5.41, 5.74) is 2.63. The van der Waals surface area contributed by atoms with Gasteiger partial charge in [0.2, 0.25) is 0 Å². The molecule has 4 nitrogen and oxygen atoms in total. The van der Waals surface area contributed by atoms with E-state index in [2.05, 4.69) is 5.32 Å². The van der Waals surface area contributed by atoms with Crippen LogP contribution in [-0.2, 0) is 9.84 Å². The normalized spacial score (nSPS) is 21.8. The van der Waals surface area contributed by atoms with E-state index in [9.17, 15) is 13.2 Å². The minimum absolute atomic E-state index is 0.0592. The maximum atomic E-state index is 12.0. The van der Waals surface area contributed by atoms with E-state index in [4.69, 9.17) is 0 Å². The monoisotopic (exact) mass is 267 g/mol. The van der Waals surface area contributed by atoms with Gasteiger partial charge in [-0.25, -0.2) is 8.42 Å². The molecule has 1 unspecified atom stereocenters. The molecular weight excluding hydrogens is 250 g/mol. The Bertz CT molecular complexity index is 578. The van der Waals surface area contributed by atoms with Crippen LogP contribution in [0.2, 0.25) is 0 Å². The van der Waals surface area contributed by atoms with Crippen LogP contribution in [0.15, 0.2) is 18.2 Å². The van der Waals surface area contributed by atoms with Crippen LogP contribution in [0.3, 0.4) is 0 Å². The van der Waals surface area contributed by atoms with Crippen LogP contribution >= 0.6 is 0 Å². The van der Waals surface area contributed by atoms with Gasteiger partial charge in [0.25, 0.3) is 5.91 Å². The van der Waals surface area contributed by atoms with E-state index in [0.29, 0.717) is 12.0 Å². The topological polar surface area (TPSA) is 63.2 Å². The van der Waals surface area contributed by atoms with Crippen LogP contribution in [0.4, 0.5) is 0 Å². The summed E-state index contributed by atoms with van der Waals surface area (Å²) >= 11 is 0. The Morgan fingerprint density at radius 2 is 2.06 bits per heavy atom. The Kier molecular flexibility index (Phi) is 3.43. The molecule has 1 aromatic rings. The molecular formula is C13H17NO3S. The zero-order valence-corrected chi connectivity index (χ0v) is 11.4. The SMILES string of the molecule is Cc1ccc(C(=O)NC2CCS(=O)(=O)C2)c(C)c1. The molecule has 2 rings (SSSR count). The Hall–Kier alpha value is -1.36. The molecule has 0 aliphatic carbocycles. The van der Waals surface area contributed by atoms with E-state index in [-0.39, 0.29) is 23.5 Å². The Balaban J connectivity index is 2.09. The molecule has 1 aromatic carbocycles. The number of aryl methyl sites for hydroxylation is 2. The zero-order chi connectivity index (χ0) is 13.3. The Morgan fingerprint density at radius 1 is 1.33 bits per heavy atom. The second kappa shape index (κ2) is 4.72. The van der Waals surface area contributed by atoms with Gasteiger partial charge in [0.1, 0.15) is 0 Å². The molecule has 1 aliphatic rings. The van der Waals surface area contributed by atoms with Gasteiger partial charge in [-0.1, -0.05) is 17.7 Å². The van der Waals surface area contributed by atoms with Crippen LogP contribution in [0.25, 0.3) is 0 Å². The number of hydrogen-bond acceptors (Lipinski definition) is 3. The Labute approximate surface area is 107 Å². The molecule has 0 bridgehead atoms. The number of carbonyl (C=O) groups excluding carboxylic acids is 1. The van der Waals surface area contributed by atoms with Crippen molar-refractivity contribution in [2.75, 3.05) is 11.5 Å². The van der Waals surface area contributed by atoms with Gasteiger partial charge in [-0.3, -0.25) is 4.79 Å². The molecule has 1 heterocycles. The van der Waals surface area contributed by atoms with Crippen molar-refractivity contribution in [3.8, 4) is 0 Å². The predicted octanol–water partition coefficient (Wildman–Crippen LogP) is 1.22. The second-order valence-electron chi connectivity index (χ2n) is 4.89. The quantitative estimate of drug-likeness (QED) is 0.876. The summed E-state index contributed by atoms with van der Waals surface area (Å²) in [6, 6.07) is 5.36. The van der Waals surface area contributed by atoms with Crippen LogP contribution in [0.1, 0.15) is 27.9 Å². The Morgan fingerprint density at radius 3 is 2.61 bits per heavy atom. The highest BCUT2D eigenvalue weighted by molar-refractivity contribution is 7.91. The van der Waals surface area contributed by atoms with Gasteiger partial charge in [-0.05, 0) is 31.9 Å². The first kappa shape index (κ1) is 13.1. The second-order valence-corrected chi connectivity index (χ2v) is 7.12. The molecule has 0 saturated carbocycles. The molecule has 1 amide bonds. The molecule has 0 radical (unpaired) electrons. The third-order valence-electron chi connectivity index (χ3n) is 3.19. The van der Waals surface area contributed by atoms with Crippen LogP contribution < -0.4 is 5.32 Å². The van der Waals surface area contributed by atoms with Gasteiger partial charge in [-0.2, -0.15) is 0 Å². The van der Waals surface area contributed by atoms with Gasteiger partial charge in [0.15, 0.2) is 9.84 Å².